The number of aromatic nitrogens is 2. The lowest BCUT2D eigenvalue weighted by atomic mass is 9.64. The van der Waals surface area contributed by atoms with E-state index in [0.29, 0.717) is 40.3 Å². The molecule has 50 heavy (non-hydrogen) atoms. The molecular weight excluding hydrogens is 696 g/mol. The van der Waals surface area contributed by atoms with E-state index in [1.165, 1.54) is 28.7 Å². The molecule has 1 saturated carbocycles. The normalized spacial score (nSPS) is 24.6. The molecule has 0 bridgehead atoms. The number of imide groups is 1. The van der Waals surface area contributed by atoms with Gasteiger partial charge in [-0.05, 0) is 120 Å². The highest BCUT2D eigenvalue weighted by molar-refractivity contribution is 9.10. The molecule has 264 valence electrons. The molecule has 1 aliphatic carbocycles. The quantitative estimate of drug-likeness (QED) is 0.319. The van der Waals surface area contributed by atoms with Crippen molar-refractivity contribution < 1.29 is 14.4 Å². The van der Waals surface area contributed by atoms with Gasteiger partial charge in [0.25, 0.3) is 11.5 Å². The van der Waals surface area contributed by atoms with E-state index in [1.54, 1.807) is 13.2 Å². The number of carbonyl (C=O) groups is 3. The average Bonchev–Trinajstić information content (AvgIpc) is 3.12. The smallest absolute Gasteiger partial charge is 0.282 e. The van der Waals surface area contributed by atoms with Crippen LogP contribution in [0.2, 0.25) is 0 Å². The van der Waals surface area contributed by atoms with E-state index >= 15 is 0 Å². The molecule has 1 aromatic heterocycles. The third-order valence-electron chi connectivity index (χ3n) is 11.9. The van der Waals surface area contributed by atoms with Gasteiger partial charge in [0.1, 0.15) is 4.47 Å². The SMILES string of the molecule is CN1C[C@H](Nc2cnn(C)c(=O)c2Br)C[C@H](c2ccc(C(=O)N3CCC4(CCC(c5ccc(C6CCC(=O)NC6=O)cc5)CC4)CC3)cc2)C1. The molecule has 3 atom stereocenters. The van der Waals surface area contributed by atoms with Crippen LogP contribution in [0.4, 0.5) is 5.69 Å². The molecule has 4 heterocycles. The van der Waals surface area contributed by atoms with Gasteiger partial charge < -0.3 is 15.1 Å². The maximum absolute atomic E-state index is 13.6. The van der Waals surface area contributed by atoms with Crippen LogP contribution in [-0.4, -0.2) is 76.6 Å². The number of benzene rings is 2. The predicted molar refractivity (Wildman–Crippen MR) is 196 cm³/mol. The molecule has 3 saturated heterocycles. The Kier molecular flexibility index (Phi) is 9.98. The first-order valence-electron chi connectivity index (χ1n) is 18.1. The molecule has 1 spiro atoms. The van der Waals surface area contributed by atoms with E-state index in [4.69, 9.17) is 0 Å². The van der Waals surface area contributed by atoms with Crippen molar-refractivity contribution in [2.45, 2.75) is 81.6 Å². The van der Waals surface area contributed by atoms with Crippen LogP contribution in [0.15, 0.2) is 64.0 Å². The number of nitrogens with zero attached hydrogens (tertiary/aromatic N) is 4. The van der Waals surface area contributed by atoms with Gasteiger partial charge >= 0.3 is 0 Å². The monoisotopic (exact) mass is 742 g/mol. The molecular formula is C39H47BrN6O4. The summed E-state index contributed by atoms with van der Waals surface area (Å²) in [6, 6.07) is 16.9. The fourth-order valence-corrected chi connectivity index (χ4v) is 9.31. The van der Waals surface area contributed by atoms with Crippen molar-refractivity contribution in [1.82, 2.24) is 24.9 Å². The number of hydrogen-bond donors (Lipinski definition) is 2. The van der Waals surface area contributed by atoms with Crippen LogP contribution >= 0.6 is 15.9 Å². The standard InChI is InChI=1S/C39H47BrN6O4/c1-44-23-30(21-31(24-44)42-33-22-41-45(2)38(50)35(33)40)26-5-9-29(10-6-26)37(49)46-19-17-39(18-20-46)15-13-27(14-16-39)25-3-7-28(8-4-25)32-11-12-34(47)43-36(32)48/h3-10,22,27,30-32,42H,11-21,23-24H2,1-2H3,(H,43,47,48)/t30-,31+,32?/m0/s1. The maximum atomic E-state index is 13.6. The van der Waals surface area contributed by atoms with E-state index in [2.05, 4.69) is 80.0 Å². The Morgan fingerprint density at radius 2 is 1.50 bits per heavy atom. The molecule has 3 aliphatic heterocycles. The minimum atomic E-state index is -0.238. The fourth-order valence-electron chi connectivity index (χ4n) is 8.84. The summed E-state index contributed by atoms with van der Waals surface area (Å²) in [7, 11) is 3.76. The molecule has 11 heteroatoms. The van der Waals surface area contributed by atoms with E-state index in [1.807, 2.05) is 17.0 Å². The molecule has 3 aromatic rings. The highest BCUT2D eigenvalue weighted by Crippen LogP contribution is 2.49. The number of carbonyl (C=O) groups excluding carboxylic acids is 3. The van der Waals surface area contributed by atoms with Crippen molar-refractivity contribution in [2.24, 2.45) is 12.5 Å². The zero-order chi connectivity index (χ0) is 35.0. The summed E-state index contributed by atoms with van der Waals surface area (Å²) in [5.74, 6) is 0.356. The van der Waals surface area contributed by atoms with Gasteiger partial charge in [-0.2, -0.15) is 5.10 Å². The number of anilines is 1. The third kappa shape index (κ3) is 7.30. The number of likely N-dealkylation sites (N-methyl/N-ethyl adjacent to an activating group) is 1. The average molecular weight is 744 g/mol. The lowest BCUT2D eigenvalue weighted by molar-refractivity contribution is -0.134. The van der Waals surface area contributed by atoms with Crippen LogP contribution in [0.3, 0.4) is 0 Å². The Bertz CT molecular complexity index is 1790. The van der Waals surface area contributed by atoms with Gasteiger partial charge in [0.15, 0.2) is 0 Å². The second kappa shape index (κ2) is 14.4. The van der Waals surface area contributed by atoms with Gasteiger partial charge in [0, 0.05) is 51.3 Å². The van der Waals surface area contributed by atoms with Gasteiger partial charge in [-0.3, -0.25) is 24.5 Å². The number of hydrogen-bond acceptors (Lipinski definition) is 7. The topological polar surface area (TPSA) is 117 Å². The maximum Gasteiger partial charge on any atom is 0.282 e. The van der Waals surface area contributed by atoms with Crippen molar-refractivity contribution in [3.8, 4) is 0 Å². The van der Waals surface area contributed by atoms with Crippen LogP contribution in [0.25, 0.3) is 0 Å². The van der Waals surface area contributed by atoms with Crippen molar-refractivity contribution >= 4 is 39.3 Å². The van der Waals surface area contributed by atoms with Crippen LogP contribution < -0.4 is 16.2 Å². The zero-order valence-corrected chi connectivity index (χ0v) is 30.6. The van der Waals surface area contributed by atoms with Gasteiger partial charge in [0.05, 0.1) is 17.8 Å². The van der Waals surface area contributed by atoms with Gasteiger partial charge in [0.2, 0.25) is 11.8 Å². The number of nitrogens with one attached hydrogen (secondary N) is 2. The number of likely N-dealkylation sites (tertiary alicyclic amines) is 2. The molecule has 10 nitrogen and oxygen atoms in total. The zero-order valence-electron chi connectivity index (χ0n) is 29.0. The largest absolute Gasteiger partial charge is 0.379 e. The molecule has 7 rings (SSSR count). The van der Waals surface area contributed by atoms with E-state index in [0.717, 1.165) is 69.4 Å². The third-order valence-corrected chi connectivity index (χ3v) is 12.7. The summed E-state index contributed by atoms with van der Waals surface area (Å²) in [5.41, 5.74) is 5.17. The first-order chi connectivity index (χ1) is 24.1. The molecule has 4 aliphatic rings. The van der Waals surface area contributed by atoms with Crippen molar-refractivity contribution in [1.29, 1.82) is 0 Å². The molecule has 2 aromatic carbocycles. The van der Waals surface area contributed by atoms with Crippen LogP contribution in [0, 0.1) is 5.41 Å². The number of amides is 3. The molecule has 0 radical (unpaired) electrons. The van der Waals surface area contributed by atoms with E-state index in [9.17, 15) is 19.2 Å². The summed E-state index contributed by atoms with van der Waals surface area (Å²) in [6.45, 7) is 3.41. The Labute approximate surface area is 302 Å². The number of aryl methyl sites for hydroxylation is 1. The summed E-state index contributed by atoms with van der Waals surface area (Å²) < 4.78 is 1.81. The summed E-state index contributed by atoms with van der Waals surface area (Å²) >= 11 is 3.43. The molecule has 1 unspecified atom stereocenters. The Hall–Kier alpha value is -3.83. The summed E-state index contributed by atoms with van der Waals surface area (Å²) in [5, 5.41) is 10.2. The highest BCUT2D eigenvalue weighted by Gasteiger charge is 2.39. The minimum Gasteiger partial charge on any atom is -0.379 e. The van der Waals surface area contributed by atoms with E-state index in [-0.39, 0.29) is 35.2 Å². The van der Waals surface area contributed by atoms with Crippen molar-refractivity contribution in [2.75, 3.05) is 38.5 Å². The molecule has 4 fully saturated rings. The first kappa shape index (κ1) is 34.6. The lowest BCUT2D eigenvalue weighted by Crippen LogP contribution is -2.44. The number of rotatable bonds is 6. The first-order valence-corrected chi connectivity index (χ1v) is 18.9. The Balaban J connectivity index is 0.901. The number of halogens is 1. The second-order valence-electron chi connectivity index (χ2n) is 15.2. The highest BCUT2D eigenvalue weighted by atomic mass is 79.9. The van der Waals surface area contributed by atoms with Gasteiger partial charge in [-0.1, -0.05) is 36.4 Å². The van der Waals surface area contributed by atoms with Gasteiger partial charge in [-0.25, -0.2) is 4.68 Å². The Morgan fingerprint density at radius 1 is 0.860 bits per heavy atom. The molecule has 2 N–H and O–H groups in total. The Morgan fingerprint density at radius 3 is 2.18 bits per heavy atom. The second-order valence-corrected chi connectivity index (χ2v) is 15.9. The van der Waals surface area contributed by atoms with E-state index < -0.39 is 0 Å². The van der Waals surface area contributed by atoms with Crippen LogP contribution in [0.5, 0.6) is 0 Å². The van der Waals surface area contributed by atoms with Crippen LogP contribution in [0.1, 0.15) is 103 Å². The predicted octanol–water partition coefficient (Wildman–Crippen LogP) is 5.54. The summed E-state index contributed by atoms with van der Waals surface area (Å²) in [6.07, 6.45) is 10.4. The van der Waals surface area contributed by atoms with Gasteiger partial charge in [-0.15, -0.1) is 0 Å². The van der Waals surface area contributed by atoms with Crippen molar-refractivity contribution in [3.63, 3.8) is 0 Å². The molecule has 3 amide bonds. The number of piperidine rings is 3. The minimum absolute atomic E-state index is 0.125. The fraction of sp³-hybridized carbons (Fsp3) is 0.513. The van der Waals surface area contributed by atoms with Crippen LogP contribution in [-0.2, 0) is 16.6 Å². The van der Waals surface area contributed by atoms with Crippen molar-refractivity contribution in [3.05, 3.63) is 91.8 Å². The summed E-state index contributed by atoms with van der Waals surface area (Å²) in [4.78, 5) is 54.1. The lowest BCUT2D eigenvalue weighted by Gasteiger charge is -2.46.